The molecule has 0 saturated heterocycles. The van der Waals surface area contributed by atoms with Gasteiger partial charge < -0.3 is 5.32 Å². The molecule has 1 N–H and O–H groups in total. The van der Waals surface area contributed by atoms with Crippen LogP contribution in [0.15, 0.2) is 47.5 Å². The zero-order chi connectivity index (χ0) is 16.2. The first-order chi connectivity index (χ1) is 11.1. The molecule has 1 aliphatic rings. The third-order valence-corrected chi connectivity index (χ3v) is 5.88. The van der Waals surface area contributed by atoms with Crippen LogP contribution < -0.4 is 5.32 Å². The quantitative estimate of drug-likeness (QED) is 0.750. The van der Waals surface area contributed by atoms with Crippen LogP contribution in [0.25, 0.3) is 0 Å². The van der Waals surface area contributed by atoms with Crippen molar-refractivity contribution in [3.63, 3.8) is 0 Å². The highest BCUT2D eigenvalue weighted by Gasteiger charge is 2.14. The van der Waals surface area contributed by atoms with Crippen LogP contribution in [0.3, 0.4) is 0 Å². The predicted octanol–water partition coefficient (Wildman–Crippen LogP) is 5.60. The highest BCUT2D eigenvalue weighted by Crippen LogP contribution is 2.34. The van der Waals surface area contributed by atoms with Crippen molar-refractivity contribution in [2.75, 3.05) is 11.1 Å². The molecule has 0 aromatic heterocycles. The van der Waals surface area contributed by atoms with E-state index >= 15 is 0 Å². The van der Waals surface area contributed by atoms with Crippen molar-refractivity contribution in [3.8, 4) is 0 Å². The lowest BCUT2D eigenvalue weighted by Crippen LogP contribution is -2.15. The van der Waals surface area contributed by atoms with Gasteiger partial charge >= 0.3 is 0 Å². The SMILES string of the molecule is O=C(CSC1=Nc2ccccc2CS1)Nc1ccc(Cl)cc1Cl. The first-order valence-corrected chi connectivity index (χ1v) is 9.51. The fourth-order valence-corrected chi connectivity index (χ4v) is 4.31. The third kappa shape index (κ3) is 4.44. The number of benzene rings is 2. The summed E-state index contributed by atoms with van der Waals surface area (Å²) in [5.74, 6) is 1.04. The summed E-state index contributed by atoms with van der Waals surface area (Å²) in [6.45, 7) is 0. The number of amides is 1. The van der Waals surface area contributed by atoms with Gasteiger partial charge in [0.1, 0.15) is 4.38 Å². The number of para-hydroxylation sites is 1. The van der Waals surface area contributed by atoms with E-state index in [0.717, 1.165) is 15.8 Å². The number of hydrogen-bond donors (Lipinski definition) is 1. The van der Waals surface area contributed by atoms with Crippen molar-refractivity contribution < 1.29 is 4.79 Å². The molecule has 3 rings (SSSR count). The van der Waals surface area contributed by atoms with Gasteiger partial charge in [0.25, 0.3) is 0 Å². The molecule has 3 nitrogen and oxygen atoms in total. The zero-order valence-electron chi connectivity index (χ0n) is 11.9. The second-order valence-corrected chi connectivity index (χ2v) is 7.79. The molecule has 2 aromatic rings. The molecule has 1 aliphatic heterocycles. The largest absolute Gasteiger partial charge is 0.324 e. The Morgan fingerprint density at radius 2 is 2.09 bits per heavy atom. The van der Waals surface area contributed by atoms with Crippen molar-refractivity contribution in [1.29, 1.82) is 0 Å². The molecule has 1 amide bonds. The minimum absolute atomic E-state index is 0.124. The molecule has 118 valence electrons. The molecule has 0 aliphatic carbocycles. The topological polar surface area (TPSA) is 41.5 Å². The first-order valence-electron chi connectivity index (χ1n) is 6.79. The summed E-state index contributed by atoms with van der Waals surface area (Å²) >= 11 is 15.0. The van der Waals surface area contributed by atoms with Gasteiger partial charge in [-0.3, -0.25) is 4.79 Å². The Bertz CT molecular complexity index is 780. The molecule has 1 heterocycles. The number of fused-ring (bicyclic) bond motifs is 1. The summed E-state index contributed by atoms with van der Waals surface area (Å²) in [6, 6.07) is 13.0. The highest BCUT2D eigenvalue weighted by atomic mass is 35.5. The van der Waals surface area contributed by atoms with Crippen molar-refractivity contribution in [2.45, 2.75) is 5.75 Å². The van der Waals surface area contributed by atoms with Gasteiger partial charge in [-0.2, -0.15) is 0 Å². The summed E-state index contributed by atoms with van der Waals surface area (Å²) in [4.78, 5) is 16.6. The lowest BCUT2D eigenvalue weighted by atomic mass is 10.2. The standard InChI is InChI=1S/C16H12Cl2N2OS2/c17-11-5-6-14(12(18)7-11)19-15(21)9-23-16-20-13-4-2-1-3-10(13)8-22-16/h1-7H,8-9H2,(H,19,21). The van der Waals surface area contributed by atoms with E-state index in [1.807, 2.05) is 18.2 Å². The minimum Gasteiger partial charge on any atom is -0.324 e. The molecule has 0 saturated carbocycles. The van der Waals surface area contributed by atoms with Crippen molar-refractivity contribution in [1.82, 2.24) is 0 Å². The first kappa shape index (κ1) is 16.7. The molecular weight excluding hydrogens is 371 g/mol. The summed E-state index contributed by atoms with van der Waals surface area (Å²) < 4.78 is 0.904. The van der Waals surface area contributed by atoms with Gasteiger partial charge in [-0.05, 0) is 29.8 Å². The number of rotatable bonds is 3. The minimum atomic E-state index is -0.124. The maximum atomic E-state index is 12.1. The fraction of sp³-hybridized carbons (Fsp3) is 0.125. The number of hydrogen-bond acceptors (Lipinski definition) is 4. The van der Waals surface area contributed by atoms with Gasteiger partial charge in [-0.25, -0.2) is 4.99 Å². The molecule has 0 radical (unpaired) electrons. The molecule has 2 aromatic carbocycles. The highest BCUT2D eigenvalue weighted by molar-refractivity contribution is 8.38. The normalized spacial score (nSPS) is 13.2. The maximum absolute atomic E-state index is 12.1. The molecule has 7 heteroatoms. The second kappa shape index (κ2) is 7.62. The van der Waals surface area contributed by atoms with Crippen LogP contribution in [-0.2, 0) is 10.5 Å². The van der Waals surface area contributed by atoms with Gasteiger partial charge in [0.2, 0.25) is 5.91 Å². The van der Waals surface area contributed by atoms with Gasteiger partial charge in [0.15, 0.2) is 0 Å². The van der Waals surface area contributed by atoms with E-state index in [9.17, 15) is 4.79 Å². The second-order valence-electron chi connectivity index (χ2n) is 4.76. The molecule has 0 spiro atoms. The van der Waals surface area contributed by atoms with Crippen LogP contribution in [-0.4, -0.2) is 16.0 Å². The van der Waals surface area contributed by atoms with Crippen molar-refractivity contribution in [3.05, 3.63) is 58.1 Å². The molecule has 0 unspecified atom stereocenters. The number of nitrogens with zero attached hydrogens (tertiary/aromatic N) is 1. The van der Waals surface area contributed by atoms with E-state index in [-0.39, 0.29) is 11.7 Å². The summed E-state index contributed by atoms with van der Waals surface area (Å²) in [5, 5.41) is 3.74. The van der Waals surface area contributed by atoms with Crippen LogP contribution >= 0.6 is 46.7 Å². The Balaban J connectivity index is 1.58. The Hall–Kier alpha value is -1.14. The van der Waals surface area contributed by atoms with Crippen LogP contribution in [0.4, 0.5) is 11.4 Å². The smallest absolute Gasteiger partial charge is 0.234 e. The number of aliphatic imine (C=N–C) groups is 1. The number of carbonyl (C=O) groups is 1. The number of anilines is 1. The number of thioether (sulfide) groups is 2. The molecule has 23 heavy (non-hydrogen) atoms. The van der Waals surface area contributed by atoms with Crippen LogP contribution in [0.5, 0.6) is 0 Å². The predicted molar refractivity (Wildman–Crippen MR) is 102 cm³/mol. The van der Waals surface area contributed by atoms with E-state index in [1.165, 1.54) is 17.3 Å². The fourth-order valence-electron chi connectivity index (χ4n) is 1.99. The summed E-state index contributed by atoms with van der Waals surface area (Å²) in [7, 11) is 0. The zero-order valence-corrected chi connectivity index (χ0v) is 15.0. The van der Waals surface area contributed by atoms with E-state index in [2.05, 4.69) is 16.4 Å². The van der Waals surface area contributed by atoms with Crippen LogP contribution in [0.2, 0.25) is 10.0 Å². The molecular formula is C16H12Cl2N2OS2. The monoisotopic (exact) mass is 382 g/mol. The van der Waals surface area contributed by atoms with Gasteiger partial charge in [-0.15, -0.1) is 0 Å². The number of halogens is 2. The van der Waals surface area contributed by atoms with Crippen molar-refractivity contribution in [2.24, 2.45) is 4.99 Å². The maximum Gasteiger partial charge on any atom is 0.234 e. The number of carbonyl (C=O) groups excluding carboxylic acids is 1. The Morgan fingerprint density at radius 1 is 1.26 bits per heavy atom. The van der Waals surface area contributed by atoms with E-state index in [1.54, 1.807) is 30.0 Å². The molecule has 0 fully saturated rings. The average Bonchev–Trinajstić information content (AvgIpc) is 2.55. The van der Waals surface area contributed by atoms with Crippen LogP contribution in [0, 0.1) is 0 Å². The van der Waals surface area contributed by atoms with Gasteiger partial charge in [0.05, 0.1) is 22.2 Å². The van der Waals surface area contributed by atoms with E-state index < -0.39 is 0 Å². The van der Waals surface area contributed by atoms with E-state index in [4.69, 9.17) is 23.2 Å². The van der Waals surface area contributed by atoms with E-state index in [0.29, 0.717) is 15.7 Å². The molecule has 0 bridgehead atoms. The van der Waals surface area contributed by atoms with Gasteiger partial charge in [0, 0.05) is 10.8 Å². The number of nitrogens with one attached hydrogen (secondary N) is 1. The Labute approximate surface area is 152 Å². The third-order valence-electron chi connectivity index (χ3n) is 3.09. The van der Waals surface area contributed by atoms with Crippen molar-refractivity contribution >= 4 is 68.4 Å². The lowest BCUT2D eigenvalue weighted by Gasteiger charge is -2.14. The summed E-state index contributed by atoms with van der Waals surface area (Å²) in [6.07, 6.45) is 0. The lowest BCUT2D eigenvalue weighted by molar-refractivity contribution is -0.113. The summed E-state index contributed by atoms with van der Waals surface area (Å²) in [5.41, 5.74) is 2.76. The Morgan fingerprint density at radius 3 is 2.91 bits per heavy atom. The Kier molecular flexibility index (Phi) is 5.54. The van der Waals surface area contributed by atoms with Gasteiger partial charge in [-0.1, -0.05) is 64.9 Å². The molecule has 0 atom stereocenters. The average molecular weight is 383 g/mol. The van der Waals surface area contributed by atoms with Crippen LogP contribution in [0.1, 0.15) is 5.56 Å².